The van der Waals surface area contributed by atoms with E-state index in [1.165, 1.54) is 0 Å². The number of fused-ring (bicyclic) bond motifs is 5. The van der Waals surface area contributed by atoms with Gasteiger partial charge in [-0.1, -0.05) is 42.5 Å². The van der Waals surface area contributed by atoms with Crippen molar-refractivity contribution in [1.29, 1.82) is 5.26 Å². The fourth-order valence-corrected chi connectivity index (χ4v) is 3.67. The molecule has 1 aliphatic rings. The molecule has 0 fully saturated rings. The molecule has 0 N–H and O–H groups in total. The van der Waals surface area contributed by atoms with Crippen molar-refractivity contribution in [2.24, 2.45) is 0 Å². The average molecular weight is 336 g/mol. The Hall–Kier alpha value is -3.78. The number of aromatic nitrogens is 3. The van der Waals surface area contributed by atoms with Gasteiger partial charge in [-0.15, -0.1) is 0 Å². The van der Waals surface area contributed by atoms with Gasteiger partial charge in [0.2, 0.25) is 0 Å². The van der Waals surface area contributed by atoms with Crippen LogP contribution in [0.15, 0.2) is 54.6 Å². The summed E-state index contributed by atoms with van der Waals surface area (Å²) in [7, 11) is 0. The third kappa shape index (κ3) is 1.76. The zero-order valence-electron chi connectivity index (χ0n) is 13.9. The first kappa shape index (κ1) is 14.6. The fraction of sp³-hybridized carbons (Fsp3) is 0.0476. The Balaban J connectivity index is 1.97. The van der Waals surface area contributed by atoms with Crippen LogP contribution in [0.25, 0.3) is 27.8 Å². The molecular weight excluding hydrogens is 324 g/mol. The number of ketones is 1. The Labute approximate surface area is 149 Å². The van der Waals surface area contributed by atoms with Crippen LogP contribution in [0.5, 0.6) is 0 Å². The molecule has 0 amide bonds. The molecule has 0 bridgehead atoms. The summed E-state index contributed by atoms with van der Waals surface area (Å²) in [4.78, 5) is 17.4. The van der Waals surface area contributed by atoms with Gasteiger partial charge in [0.25, 0.3) is 0 Å². The molecule has 0 radical (unpaired) electrons. The highest BCUT2D eigenvalue weighted by Gasteiger charge is 2.34. The number of pyridine rings is 1. The number of carbonyl (C=O) groups excluding carboxylic acids is 1. The van der Waals surface area contributed by atoms with Gasteiger partial charge in [0.05, 0.1) is 22.3 Å². The lowest BCUT2D eigenvalue weighted by molar-refractivity contribution is 0.104. The van der Waals surface area contributed by atoms with Gasteiger partial charge < -0.3 is 0 Å². The first-order chi connectivity index (χ1) is 12.7. The van der Waals surface area contributed by atoms with Gasteiger partial charge in [-0.05, 0) is 24.6 Å². The lowest BCUT2D eigenvalue weighted by Gasteiger charge is -2.06. The highest BCUT2D eigenvalue weighted by atomic mass is 16.1. The van der Waals surface area contributed by atoms with E-state index in [4.69, 9.17) is 0 Å². The maximum Gasteiger partial charge on any atom is 0.197 e. The summed E-state index contributed by atoms with van der Waals surface area (Å²) >= 11 is 0. The molecule has 122 valence electrons. The summed E-state index contributed by atoms with van der Waals surface area (Å²) in [5.41, 5.74) is 4.98. The summed E-state index contributed by atoms with van der Waals surface area (Å²) in [5, 5.41) is 15.1. The molecule has 0 spiro atoms. The zero-order chi connectivity index (χ0) is 17.8. The van der Waals surface area contributed by atoms with Gasteiger partial charge in [-0.2, -0.15) is 10.4 Å². The fourth-order valence-electron chi connectivity index (χ4n) is 3.67. The smallest absolute Gasteiger partial charge is 0.197 e. The highest BCUT2D eigenvalue weighted by molar-refractivity contribution is 6.26. The maximum absolute atomic E-state index is 12.9. The van der Waals surface area contributed by atoms with Crippen molar-refractivity contribution in [3.63, 3.8) is 0 Å². The van der Waals surface area contributed by atoms with Gasteiger partial charge >= 0.3 is 0 Å². The molecule has 0 aliphatic heterocycles. The molecule has 0 unspecified atom stereocenters. The van der Waals surface area contributed by atoms with Crippen molar-refractivity contribution in [2.75, 3.05) is 0 Å². The van der Waals surface area contributed by atoms with Crippen LogP contribution < -0.4 is 0 Å². The van der Waals surface area contributed by atoms with E-state index >= 15 is 0 Å². The standard InChI is InChI=1S/C21H12N4O/c1-12-17-18-14-9-5-6-10-15(14)20(26)19(18)16(11-22)23-21(17)25(24-12)13-7-3-2-4-8-13/h2-10H,1H3. The minimum absolute atomic E-state index is 0.144. The molecule has 1 aliphatic carbocycles. The third-order valence-corrected chi connectivity index (χ3v) is 4.77. The number of nitrogens with zero attached hydrogens (tertiary/aromatic N) is 4. The molecular formula is C21H12N4O. The number of aryl methyl sites for hydroxylation is 1. The topological polar surface area (TPSA) is 71.6 Å². The minimum atomic E-state index is -0.145. The van der Waals surface area contributed by atoms with Crippen molar-refractivity contribution in [1.82, 2.24) is 14.8 Å². The molecule has 2 heterocycles. The van der Waals surface area contributed by atoms with Gasteiger partial charge in [-0.25, -0.2) is 9.67 Å². The summed E-state index contributed by atoms with van der Waals surface area (Å²) in [5.74, 6) is -0.145. The molecule has 0 saturated heterocycles. The van der Waals surface area contributed by atoms with Crippen LogP contribution in [0, 0.1) is 18.3 Å². The molecule has 5 rings (SSSR count). The van der Waals surface area contributed by atoms with E-state index in [1.54, 1.807) is 10.7 Å². The van der Waals surface area contributed by atoms with Crippen LogP contribution in [-0.4, -0.2) is 20.5 Å². The predicted molar refractivity (Wildman–Crippen MR) is 97.2 cm³/mol. The minimum Gasteiger partial charge on any atom is -0.288 e. The SMILES string of the molecule is Cc1nn(-c2ccccc2)c2nc(C#N)c3c(c12)-c1ccccc1C3=O. The van der Waals surface area contributed by atoms with Crippen molar-refractivity contribution in [2.45, 2.75) is 6.92 Å². The second-order valence-corrected chi connectivity index (χ2v) is 6.23. The predicted octanol–water partition coefficient (Wildman–Crippen LogP) is 3.81. The summed E-state index contributed by atoms with van der Waals surface area (Å²) in [6.45, 7) is 1.90. The second-order valence-electron chi connectivity index (χ2n) is 6.23. The van der Waals surface area contributed by atoms with Crippen molar-refractivity contribution < 1.29 is 4.79 Å². The monoisotopic (exact) mass is 336 g/mol. The number of para-hydroxylation sites is 1. The Kier molecular flexibility index (Phi) is 2.86. The van der Waals surface area contributed by atoms with Gasteiger partial charge in [-0.3, -0.25) is 4.79 Å². The second kappa shape index (κ2) is 5.11. The van der Waals surface area contributed by atoms with Crippen molar-refractivity contribution in [3.8, 4) is 22.9 Å². The largest absolute Gasteiger partial charge is 0.288 e. The zero-order valence-corrected chi connectivity index (χ0v) is 13.9. The number of carbonyl (C=O) groups is 1. The Morgan fingerprint density at radius 2 is 1.65 bits per heavy atom. The molecule has 0 saturated carbocycles. The van der Waals surface area contributed by atoms with Crippen LogP contribution in [-0.2, 0) is 0 Å². The van der Waals surface area contributed by atoms with Crippen molar-refractivity contribution >= 4 is 16.8 Å². The van der Waals surface area contributed by atoms with E-state index < -0.39 is 0 Å². The normalized spacial score (nSPS) is 12.1. The van der Waals surface area contributed by atoms with Crippen LogP contribution in [0.4, 0.5) is 0 Å². The first-order valence-corrected chi connectivity index (χ1v) is 8.23. The quantitative estimate of drug-likeness (QED) is 0.466. The number of benzene rings is 2. The summed E-state index contributed by atoms with van der Waals surface area (Å²) < 4.78 is 1.73. The van der Waals surface area contributed by atoms with E-state index in [0.29, 0.717) is 16.8 Å². The average Bonchev–Trinajstić information content (AvgIpc) is 3.17. The van der Waals surface area contributed by atoms with E-state index in [-0.39, 0.29) is 11.5 Å². The molecule has 2 aromatic carbocycles. The van der Waals surface area contributed by atoms with E-state index in [9.17, 15) is 10.1 Å². The maximum atomic E-state index is 12.9. The number of hydrogen-bond acceptors (Lipinski definition) is 4. The Bertz CT molecular complexity index is 1260. The lowest BCUT2D eigenvalue weighted by atomic mass is 10.0. The van der Waals surface area contributed by atoms with Crippen LogP contribution in [0.3, 0.4) is 0 Å². The molecule has 4 aromatic rings. The number of rotatable bonds is 1. The third-order valence-electron chi connectivity index (χ3n) is 4.77. The molecule has 2 aromatic heterocycles. The Morgan fingerprint density at radius 1 is 0.962 bits per heavy atom. The molecule has 5 heteroatoms. The van der Waals surface area contributed by atoms with E-state index in [0.717, 1.165) is 27.9 Å². The lowest BCUT2D eigenvalue weighted by Crippen LogP contribution is -2.03. The van der Waals surface area contributed by atoms with Gasteiger partial charge in [0.1, 0.15) is 6.07 Å². The van der Waals surface area contributed by atoms with E-state index in [1.807, 2.05) is 55.5 Å². The van der Waals surface area contributed by atoms with E-state index in [2.05, 4.69) is 16.2 Å². The van der Waals surface area contributed by atoms with Crippen LogP contribution in [0.1, 0.15) is 27.3 Å². The molecule has 5 nitrogen and oxygen atoms in total. The highest BCUT2D eigenvalue weighted by Crippen LogP contribution is 2.43. The van der Waals surface area contributed by atoms with Crippen LogP contribution in [0.2, 0.25) is 0 Å². The number of hydrogen-bond donors (Lipinski definition) is 0. The summed E-state index contributed by atoms with van der Waals surface area (Å²) in [6.07, 6.45) is 0. The molecule has 26 heavy (non-hydrogen) atoms. The first-order valence-electron chi connectivity index (χ1n) is 8.23. The Morgan fingerprint density at radius 3 is 2.38 bits per heavy atom. The van der Waals surface area contributed by atoms with Gasteiger partial charge in [0, 0.05) is 11.1 Å². The van der Waals surface area contributed by atoms with Gasteiger partial charge in [0.15, 0.2) is 17.1 Å². The number of nitriles is 1. The van der Waals surface area contributed by atoms with Crippen molar-refractivity contribution in [3.05, 3.63) is 77.1 Å². The molecule has 0 atom stereocenters. The van der Waals surface area contributed by atoms with Crippen LogP contribution >= 0.6 is 0 Å². The summed E-state index contributed by atoms with van der Waals surface area (Å²) in [6, 6.07) is 19.2.